The number of nitriles is 1. The van der Waals surface area contributed by atoms with E-state index in [9.17, 15) is 10.1 Å². The van der Waals surface area contributed by atoms with Crippen LogP contribution < -0.4 is 10.6 Å². The predicted octanol–water partition coefficient (Wildman–Crippen LogP) is 2.03. The lowest BCUT2D eigenvalue weighted by atomic mass is 10.0. The summed E-state index contributed by atoms with van der Waals surface area (Å²) >= 11 is 0. The normalized spacial score (nSPS) is 18.5. The minimum absolute atomic E-state index is 0.0812. The molecule has 0 bridgehead atoms. The van der Waals surface area contributed by atoms with E-state index in [4.69, 9.17) is 4.52 Å². The number of hydrogen-bond donors (Lipinski definition) is 2. The number of hydrogen-bond acceptors (Lipinski definition) is 5. The molecule has 6 heteroatoms. The second-order valence-electron chi connectivity index (χ2n) is 6.01. The minimum atomic E-state index is -0.525. The maximum atomic E-state index is 12.2. The fourth-order valence-corrected chi connectivity index (χ4v) is 2.89. The highest BCUT2D eigenvalue weighted by atomic mass is 16.5. The Hall–Kier alpha value is -2.65. The molecule has 2 heterocycles. The predicted molar refractivity (Wildman–Crippen MR) is 88.8 cm³/mol. The van der Waals surface area contributed by atoms with Crippen LogP contribution in [0.2, 0.25) is 0 Å². The van der Waals surface area contributed by atoms with Crippen molar-refractivity contribution in [3.05, 3.63) is 42.3 Å². The Morgan fingerprint density at radius 3 is 2.83 bits per heavy atom. The van der Waals surface area contributed by atoms with E-state index in [2.05, 4.69) is 21.9 Å². The summed E-state index contributed by atoms with van der Waals surface area (Å²) in [4.78, 5) is 12.2. The number of carbonyl (C=O) groups excluding carboxylic acids is 1. The molecule has 0 saturated carbocycles. The molecule has 0 spiro atoms. The Bertz CT molecular complexity index is 698. The number of nitrogens with zero attached hydrogens (tertiary/aromatic N) is 2. The van der Waals surface area contributed by atoms with Gasteiger partial charge in [-0.15, -0.1) is 0 Å². The highest BCUT2D eigenvalue weighted by molar-refractivity contribution is 5.82. The molecule has 6 nitrogen and oxygen atoms in total. The van der Waals surface area contributed by atoms with Gasteiger partial charge in [-0.2, -0.15) is 5.26 Å². The van der Waals surface area contributed by atoms with E-state index >= 15 is 0 Å². The van der Waals surface area contributed by atoms with Gasteiger partial charge in [0.05, 0.1) is 18.3 Å². The van der Waals surface area contributed by atoms with Crippen molar-refractivity contribution < 1.29 is 9.32 Å². The zero-order chi connectivity index (χ0) is 16.8. The smallest absolute Gasteiger partial charge is 0.238 e. The van der Waals surface area contributed by atoms with Crippen molar-refractivity contribution in [3.8, 4) is 17.2 Å². The van der Waals surface area contributed by atoms with Crippen molar-refractivity contribution in [1.29, 1.82) is 5.26 Å². The van der Waals surface area contributed by atoms with Crippen LogP contribution >= 0.6 is 0 Å². The first kappa shape index (κ1) is 16.2. The molecule has 0 radical (unpaired) electrons. The molecule has 2 N–H and O–H groups in total. The van der Waals surface area contributed by atoms with Gasteiger partial charge in [-0.1, -0.05) is 35.8 Å². The lowest BCUT2D eigenvalue weighted by molar-refractivity contribution is -0.124. The van der Waals surface area contributed by atoms with E-state index in [-0.39, 0.29) is 11.9 Å². The van der Waals surface area contributed by atoms with Crippen LogP contribution in [0.15, 0.2) is 41.2 Å². The van der Waals surface area contributed by atoms with Gasteiger partial charge in [0.1, 0.15) is 12.3 Å². The van der Waals surface area contributed by atoms with E-state index in [1.165, 1.54) is 0 Å². The summed E-state index contributed by atoms with van der Waals surface area (Å²) in [5.41, 5.74) is 2.91. The molecule has 1 saturated heterocycles. The van der Waals surface area contributed by atoms with Crippen LogP contribution in [0.4, 0.5) is 0 Å². The third kappa shape index (κ3) is 4.00. The molecule has 1 fully saturated rings. The van der Waals surface area contributed by atoms with Crippen molar-refractivity contribution >= 4 is 5.91 Å². The van der Waals surface area contributed by atoms with Gasteiger partial charge in [0.15, 0.2) is 0 Å². The molecule has 0 aliphatic carbocycles. The van der Waals surface area contributed by atoms with E-state index in [1.54, 1.807) is 12.5 Å². The Balaban J connectivity index is 1.58. The van der Waals surface area contributed by atoms with Crippen LogP contribution in [-0.2, 0) is 11.2 Å². The third-order valence-corrected chi connectivity index (χ3v) is 4.26. The van der Waals surface area contributed by atoms with Crippen LogP contribution in [-0.4, -0.2) is 29.7 Å². The first-order valence-corrected chi connectivity index (χ1v) is 8.18. The molecule has 1 aromatic carbocycles. The summed E-state index contributed by atoms with van der Waals surface area (Å²) in [6, 6.07) is 9.31. The van der Waals surface area contributed by atoms with Gasteiger partial charge in [-0.3, -0.25) is 4.79 Å². The van der Waals surface area contributed by atoms with Crippen molar-refractivity contribution in [1.82, 2.24) is 15.8 Å². The molecule has 1 aliphatic heterocycles. The van der Waals surface area contributed by atoms with E-state index in [0.717, 1.165) is 42.5 Å². The molecule has 24 heavy (non-hydrogen) atoms. The molecule has 1 aliphatic rings. The average Bonchev–Trinajstić information content (AvgIpc) is 3.17. The maximum Gasteiger partial charge on any atom is 0.238 e. The average molecular weight is 324 g/mol. The fourth-order valence-electron chi connectivity index (χ4n) is 2.89. The van der Waals surface area contributed by atoms with Crippen molar-refractivity contribution in [2.75, 3.05) is 6.54 Å². The molecule has 1 aromatic heterocycles. The van der Waals surface area contributed by atoms with Gasteiger partial charge < -0.3 is 15.2 Å². The van der Waals surface area contributed by atoms with Gasteiger partial charge >= 0.3 is 0 Å². The van der Waals surface area contributed by atoms with Gasteiger partial charge in [0, 0.05) is 12.0 Å². The summed E-state index contributed by atoms with van der Waals surface area (Å²) < 4.78 is 4.84. The highest BCUT2D eigenvalue weighted by Crippen LogP contribution is 2.19. The van der Waals surface area contributed by atoms with Crippen molar-refractivity contribution in [2.45, 2.75) is 37.8 Å². The fraction of sp³-hybridized carbons (Fsp3) is 0.389. The number of amides is 1. The van der Waals surface area contributed by atoms with Crippen LogP contribution in [0.1, 0.15) is 24.8 Å². The molecule has 1 unspecified atom stereocenters. The summed E-state index contributed by atoms with van der Waals surface area (Å²) in [6.45, 7) is 0.861. The number of rotatable bonds is 5. The number of aromatic nitrogens is 1. The van der Waals surface area contributed by atoms with Crippen molar-refractivity contribution in [2.24, 2.45) is 0 Å². The standard InChI is InChI=1S/C18H20N4O2/c19-10-16(22-18(23)17-3-1-2-8-20-17)9-13-4-6-14(7-5-13)15-11-21-24-12-15/h4-7,11-12,16-17,20H,1-3,8-9H2,(H,22,23)/t16-,17?/m0/s1. The Morgan fingerprint density at radius 2 is 2.21 bits per heavy atom. The lowest BCUT2D eigenvalue weighted by Gasteiger charge is -2.23. The zero-order valence-corrected chi connectivity index (χ0v) is 13.4. The molecular weight excluding hydrogens is 304 g/mol. The second-order valence-corrected chi connectivity index (χ2v) is 6.01. The van der Waals surface area contributed by atoms with Crippen molar-refractivity contribution in [3.63, 3.8) is 0 Å². The molecule has 2 atom stereocenters. The number of nitrogens with one attached hydrogen (secondary N) is 2. The van der Waals surface area contributed by atoms with E-state index in [0.29, 0.717) is 6.42 Å². The highest BCUT2D eigenvalue weighted by Gasteiger charge is 2.22. The van der Waals surface area contributed by atoms with E-state index in [1.807, 2.05) is 24.3 Å². The molecule has 124 valence electrons. The molecule has 3 rings (SSSR count). The zero-order valence-electron chi connectivity index (χ0n) is 13.4. The van der Waals surface area contributed by atoms with Crippen LogP contribution in [0.3, 0.4) is 0 Å². The Morgan fingerprint density at radius 1 is 1.38 bits per heavy atom. The Kier molecular flexibility index (Phi) is 5.24. The Labute approximate surface area is 140 Å². The van der Waals surface area contributed by atoms with Gasteiger partial charge in [0.2, 0.25) is 5.91 Å². The first-order valence-electron chi connectivity index (χ1n) is 8.18. The molecule has 1 amide bonds. The van der Waals surface area contributed by atoms with Gasteiger partial charge in [-0.25, -0.2) is 0 Å². The van der Waals surface area contributed by atoms with Crippen LogP contribution in [0.5, 0.6) is 0 Å². The SMILES string of the molecule is N#C[C@H](Cc1ccc(-c2cnoc2)cc1)NC(=O)C1CCCCN1. The van der Waals surface area contributed by atoms with Crippen LogP contribution in [0, 0.1) is 11.3 Å². The van der Waals surface area contributed by atoms with Crippen LogP contribution in [0.25, 0.3) is 11.1 Å². The first-order chi connectivity index (χ1) is 11.8. The van der Waals surface area contributed by atoms with Gasteiger partial charge in [0.25, 0.3) is 0 Å². The van der Waals surface area contributed by atoms with Gasteiger partial charge in [-0.05, 0) is 30.5 Å². The number of benzene rings is 1. The topological polar surface area (TPSA) is 91.0 Å². The summed E-state index contributed by atoms with van der Waals surface area (Å²) in [7, 11) is 0. The largest absolute Gasteiger partial charge is 0.364 e. The minimum Gasteiger partial charge on any atom is -0.364 e. The monoisotopic (exact) mass is 324 g/mol. The third-order valence-electron chi connectivity index (χ3n) is 4.26. The maximum absolute atomic E-state index is 12.2. The summed E-state index contributed by atoms with van der Waals surface area (Å²) in [6.07, 6.45) is 6.71. The number of carbonyl (C=O) groups is 1. The van der Waals surface area contributed by atoms with E-state index < -0.39 is 6.04 Å². The second kappa shape index (κ2) is 7.75. The number of piperidine rings is 1. The molecule has 2 aromatic rings. The molecular formula is C18H20N4O2. The summed E-state index contributed by atoms with van der Waals surface area (Å²) in [5, 5.41) is 19.1. The summed E-state index contributed by atoms with van der Waals surface area (Å²) in [5.74, 6) is -0.0812. The quantitative estimate of drug-likeness (QED) is 0.878. The lowest BCUT2D eigenvalue weighted by Crippen LogP contribution is -2.49.